The lowest BCUT2D eigenvalue weighted by atomic mass is 10.0. The Morgan fingerprint density at radius 3 is 2.78 bits per heavy atom. The number of ether oxygens (including phenoxy) is 1. The second kappa shape index (κ2) is 4.65. The first-order valence-corrected chi connectivity index (χ1v) is 5.45. The third kappa shape index (κ3) is 1.99. The predicted molar refractivity (Wildman–Crippen MR) is 61.0 cm³/mol. The van der Waals surface area contributed by atoms with Gasteiger partial charge in [-0.05, 0) is 0 Å². The maximum absolute atomic E-state index is 11.7. The summed E-state index contributed by atoms with van der Waals surface area (Å²) < 4.78 is 6.51. The minimum Gasteiger partial charge on any atom is -0.394 e. The van der Waals surface area contributed by atoms with Crippen LogP contribution in [0.15, 0.2) is 15.8 Å². The van der Waals surface area contributed by atoms with Crippen LogP contribution in [0.1, 0.15) is 11.7 Å². The molecule has 1 unspecified atom stereocenters. The average Bonchev–Trinajstić information content (AvgIpc) is 2.61. The lowest BCUT2D eigenvalue weighted by Crippen LogP contribution is -2.41. The van der Waals surface area contributed by atoms with Crippen molar-refractivity contribution in [1.82, 2.24) is 9.55 Å². The molecule has 0 aliphatic carbocycles. The molecule has 2 heterocycles. The maximum Gasteiger partial charge on any atom is 0.328 e. The highest BCUT2D eigenvalue weighted by atomic mass is 16.5. The van der Waals surface area contributed by atoms with Gasteiger partial charge in [0.05, 0.1) is 24.3 Å². The number of hydrogen-bond acceptors (Lipinski definition) is 6. The highest BCUT2D eigenvalue weighted by Gasteiger charge is 2.43. The summed E-state index contributed by atoms with van der Waals surface area (Å²) in [4.78, 5) is 25.0. The van der Waals surface area contributed by atoms with E-state index in [4.69, 9.17) is 15.6 Å². The number of aliphatic hydroxyl groups excluding tert-OH is 2. The normalized spacial score (nSPS) is 31.8. The summed E-state index contributed by atoms with van der Waals surface area (Å²) in [6, 6.07) is -0.781. The van der Waals surface area contributed by atoms with Gasteiger partial charge >= 0.3 is 5.69 Å². The fourth-order valence-corrected chi connectivity index (χ4v) is 1.99. The lowest BCUT2D eigenvalue weighted by Gasteiger charge is -2.14. The zero-order chi connectivity index (χ0) is 13.4. The summed E-state index contributed by atoms with van der Waals surface area (Å²) in [5.41, 5.74) is 4.58. The van der Waals surface area contributed by atoms with E-state index in [1.165, 1.54) is 17.8 Å². The Kier molecular flexibility index (Phi) is 3.35. The number of rotatable bonds is 2. The van der Waals surface area contributed by atoms with Crippen LogP contribution in [0, 0.1) is 0 Å². The molecule has 0 radical (unpaired) electrons. The second-order valence-electron chi connectivity index (χ2n) is 4.30. The molecule has 1 saturated heterocycles. The van der Waals surface area contributed by atoms with Crippen LogP contribution in [0.2, 0.25) is 0 Å². The van der Waals surface area contributed by atoms with Crippen LogP contribution in [0.3, 0.4) is 0 Å². The van der Waals surface area contributed by atoms with Crippen LogP contribution in [0.25, 0.3) is 0 Å². The average molecular weight is 257 g/mol. The molecule has 0 amide bonds. The molecule has 18 heavy (non-hydrogen) atoms. The van der Waals surface area contributed by atoms with Gasteiger partial charge in [-0.2, -0.15) is 0 Å². The summed E-state index contributed by atoms with van der Waals surface area (Å²) in [6.45, 7) is -0.349. The molecule has 1 aromatic heterocycles. The number of aromatic nitrogens is 2. The van der Waals surface area contributed by atoms with E-state index in [0.717, 1.165) is 0 Å². The number of nitrogens with two attached hydrogens (primary N) is 1. The second-order valence-corrected chi connectivity index (χ2v) is 4.30. The van der Waals surface area contributed by atoms with Gasteiger partial charge in [-0.15, -0.1) is 0 Å². The van der Waals surface area contributed by atoms with Gasteiger partial charge in [-0.1, -0.05) is 0 Å². The van der Waals surface area contributed by atoms with Crippen LogP contribution < -0.4 is 17.0 Å². The van der Waals surface area contributed by atoms with Gasteiger partial charge in [0.15, 0.2) is 0 Å². The molecule has 1 aromatic rings. The lowest BCUT2D eigenvalue weighted by molar-refractivity contribution is -0.0123. The Hall–Kier alpha value is -1.48. The molecule has 2 rings (SSSR count). The molecule has 1 aliphatic heterocycles. The Morgan fingerprint density at radius 1 is 1.56 bits per heavy atom. The van der Waals surface area contributed by atoms with E-state index in [9.17, 15) is 14.7 Å². The maximum atomic E-state index is 11.7. The zero-order valence-electron chi connectivity index (χ0n) is 9.74. The largest absolute Gasteiger partial charge is 0.394 e. The number of H-pyrrole nitrogens is 1. The summed E-state index contributed by atoms with van der Waals surface area (Å²) >= 11 is 0. The monoisotopic (exact) mass is 257 g/mol. The molecule has 1 aliphatic rings. The summed E-state index contributed by atoms with van der Waals surface area (Å²) in [5, 5.41) is 18.9. The van der Waals surface area contributed by atoms with Crippen LogP contribution in [-0.4, -0.2) is 44.6 Å². The molecule has 8 heteroatoms. The van der Waals surface area contributed by atoms with Gasteiger partial charge in [-0.25, -0.2) is 4.79 Å². The topological polar surface area (TPSA) is 131 Å². The molecule has 8 nitrogen and oxygen atoms in total. The fraction of sp³-hybridized carbons (Fsp3) is 0.600. The van der Waals surface area contributed by atoms with Crippen molar-refractivity contribution in [1.29, 1.82) is 0 Å². The van der Waals surface area contributed by atoms with Gasteiger partial charge in [-0.3, -0.25) is 9.78 Å². The number of nitrogens with zero attached hydrogens (tertiary/aromatic N) is 1. The highest BCUT2D eigenvalue weighted by Crippen LogP contribution is 2.30. The third-order valence-corrected chi connectivity index (χ3v) is 3.08. The van der Waals surface area contributed by atoms with E-state index in [0.29, 0.717) is 0 Å². The molecule has 100 valence electrons. The van der Waals surface area contributed by atoms with E-state index in [1.807, 2.05) is 0 Å². The van der Waals surface area contributed by atoms with Crippen molar-refractivity contribution in [2.45, 2.75) is 24.4 Å². The first kappa shape index (κ1) is 13.0. The Balaban J connectivity index is 2.42. The molecular formula is C10H15N3O5. The quantitative estimate of drug-likeness (QED) is 0.452. The molecule has 0 spiro atoms. The SMILES string of the molecule is Cn1cc([C@@H]2O[C@H](CO)C(N)[C@@H]2O)c(=O)[nH]c1=O. The number of aryl methyl sites for hydroxylation is 1. The van der Waals surface area contributed by atoms with Crippen LogP contribution in [0.5, 0.6) is 0 Å². The van der Waals surface area contributed by atoms with Crippen molar-refractivity contribution in [3.8, 4) is 0 Å². The molecular weight excluding hydrogens is 242 g/mol. The highest BCUT2D eigenvalue weighted by molar-refractivity contribution is 5.14. The van der Waals surface area contributed by atoms with Crippen molar-refractivity contribution in [3.05, 3.63) is 32.6 Å². The molecule has 5 N–H and O–H groups in total. The van der Waals surface area contributed by atoms with Crippen LogP contribution in [-0.2, 0) is 11.8 Å². The summed E-state index contributed by atoms with van der Waals surface area (Å²) in [6.07, 6.45) is -1.50. The molecule has 0 saturated carbocycles. The smallest absolute Gasteiger partial charge is 0.328 e. The van der Waals surface area contributed by atoms with Crippen molar-refractivity contribution >= 4 is 0 Å². The minimum atomic E-state index is -1.11. The van der Waals surface area contributed by atoms with Crippen molar-refractivity contribution in [3.63, 3.8) is 0 Å². The Labute approximate surface area is 102 Å². The number of nitrogens with one attached hydrogen (secondary N) is 1. The molecule has 4 atom stereocenters. The molecule has 1 fully saturated rings. The zero-order valence-corrected chi connectivity index (χ0v) is 9.74. The van der Waals surface area contributed by atoms with Gasteiger partial charge in [0.25, 0.3) is 5.56 Å². The first-order valence-electron chi connectivity index (χ1n) is 5.45. The molecule has 0 aromatic carbocycles. The van der Waals surface area contributed by atoms with Gasteiger partial charge in [0, 0.05) is 13.2 Å². The van der Waals surface area contributed by atoms with Gasteiger partial charge < -0.3 is 25.3 Å². The van der Waals surface area contributed by atoms with Crippen LogP contribution in [0.4, 0.5) is 0 Å². The minimum absolute atomic E-state index is 0.107. The van der Waals surface area contributed by atoms with Crippen LogP contribution >= 0.6 is 0 Å². The first-order chi connectivity index (χ1) is 8.45. The van der Waals surface area contributed by atoms with E-state index >= 15 is 0 Å². The van der Waals surface area contributed by atoms with E-state index in [-0.39, 0.29) is 12.2 Å². The van der Waals surface area contributed by atoms with E-state index in [2.05, 4.69) is 4.98 Å². The summed E-state index contributed by atoms with van der Waals surface area (Å²) in [5.74, 6) is 0. The van der Waals surface area contributed by atoms with E-state index < -0.39 is 35.6 Å². The van der Waals surface area contributed by atoms with Gasteiger partial charge in [0.2, 0.25) is 0 Å². The predicted octanol–water partition coefficient (Wildman–Crippen LogP) is -2.81. The van der Waals surface area contributed by atoms with Crippen molar-refractivity contribution in [2.24, 2.45) is 12.8 Å². The number of aromatic amines is 1. The van der Waals surface area contributed by atoms with Crippen molar-refractivity contribution in [2.75, 3.05) is 6.61 Å². The Morgan fingerprint density at radius 2 is 2.22 bits per heavy atom. The van der Waals surface area contributed by atoms with Gasteiger partial charge in [0.1, 0.15) is 12.2 Å². The Bertz CT molecular complexity index is 551. The third-order valence-electron chi connectivity index (χ3n) is 3.08. The standard InChI is InChI=1S/C10H15N3O5/c1-13-2-4(9(16)12-10(13)17)8-7(15)6(11)5(3-14)18-8/h2,5-8,14-15H,3,11H2,1H3,(H,12,16,17)/t5-,6?,7+,8+/m1/s1. The number of hydrogen-bond donors (Lipinski definition) is 4. The van der Waals surface area contributed by atoms with Crippen molar-refractivity contribution < 1.29 is 14.9 Å². The number of aliphatic hydroxyl groups is 2. The van der Waals surface area contributed by atoms with E-state index in [1.54, 1.807) is 0 Å². The summed E-state index contributed by atoms with van der Waals surface area (Å²) in [7, 11) is 1.46. The molecule has 0 bridgehead atoms. The fourth-order valence-electron chi connectivity index (χ4n) is 1.99.